The summed E-state index contributed by atoms with van der Waals surface area (Å²) in [5.41, 5.74) is 1.35. The van der Waals surface area contributed by atoms with Crippen molar-refractivity contribution in [2.45, 2.75) is 0 Å². The lowest BCUT2D eigenvalue weighted by Crippen LogP contribution is -2.14. The Labute approximate surface area is 103 Å². The van der Waals surface area contributed by atoms with Crippen LogP contribution in [0, 0.1) is 0 Å². The second-order valence-electron chi connectivity index (χ2n) is 3.23. The van der Waals surface area contributed by atoms with E-state index in [1.54, 1.807) is 6.20 Å². The van der Waals surface area contributed by atoms with E-state index in [1.165, 1.54) is 3.93 Å². The summed E-state index contributed by atoms with van der Waals surface area (Å²) < 4.78 is 2.42. The number of halogens is 2. The lowest BCUT2D eigenvalue weighted by Gasteiger charge is -2.06. The zero-order valence-electron chi connectivity index (χ0n) is 7.37. The fourth-order valence-corrected chi connectivity index (χ4v) is 2.70. The number of anilines is 1. The summed E-state index contributed by atoms with van der Waals surface area (Å²) in [7, 11) is 0. The summed E-state index contributed by atoms with van der Waals surface area (Å²) in [6, 6.07) is 5.71. The molecule has 0 atom stereocenters. The van der Waals surface area contributed by atoms with Gasteiger partial charge in [-0.25, -0.2) is 3.93 Å². The molecule has 0 bridgehead atoms. The highest BCUT2D eigenvalue weighted by Crippen LogP contribution is 2.40. The molecule has 5 heteroatoms. The Hall–Kier alpha value is -0.940. The van der Waals surface area contributed by atoms with Crippen molar-refractivity contribution < 1.29 is 4.79 Å². The molecule has 0 saturated heterocycles. The average molecular weight is 328 g/mol. The first-order valence-corrected chi connectivity index (χ1v) is 5.78. The maximum absolute atomic E-state index is 11.8. The molecule has 0 radical (unpaired) electrons. The lowest BCUT2D eigenvalue weighted by atomic mass is 10.1. The molecule has 0 aliphatic carbocycles. The van der Waals surface area contributed by atoms with Crippen LogP contribution in [0.4, 0.5) is 5.69 Å². The minimum atomic E-state index is -0.117. The fourth-order valence-electron chi connectivity index (χ4n) is 1.77. The van der Waals surface area contributed by atoms with Gasteiger partial charge in [-0.3, -0.25) is 9.78 Å². The van der Waals surface area contributed by atoms with Gasteiger partial charge in [0.25, 0.3) is 5.91 Å². The molecule has 0 spiro atoms. The van der Waals surface area contributed by atoms with Crippen LogP contribution >= 0.6 is 32.1 Å². The van der Waals surface area contributed by atoms with Crippen LogP contribution < -0.4 is 3.93 Å². The second-order valence-corrected chi connectivity index (χ2v) is 4.80. The first-order chi connectivity index (χ1) is 7.20. The molecule has 0 unspecified atom stereocenters. The highest BCUT2D eigenvalue weighted by atomic mass is 79.9. The van der Waals surface area contributed by atoms with E-state index >= 15 is 0 Å². The molecule has 1 amide bonds. The molecule has 2 aromatic rings. The van der Waals surface area contributed by atoms with Gasteiger partial charge in [0, 0.05) is 21.4 Å². The number of hydrogen-bond donors (Lipinski definition) is 0. The Kier molecular flexibility index (Phi) is 1.87. The van der Waals surface area contributed by atoms with Gasteiger partial charge >= 0.3 is 0 Å². The van der Waals surface area contributed by atoms with Gasteiger partial charge in [-0.05, 0) is 18.2 Å². The largest absolute Gasteiger partial charge is 0.287 e. The summed E-state index contributed by atoms with van der Waals surface area (Å²) in [6.45, 7) is 0. The number of rotatable bonds is 0. The summed E-state index contributed by atoms with van der Waals surface area (Å²) in [5, 5.41) is 1.90. The fraction of sp³-hybridized carbons (Fsp3) is 0. The Morgan fingerprint density at radius 1 is 1.27 bits per heavy atom. The van der Waals surface area contributed by atoms with E-state index in [1.807, 2.05) is 18.2 Å². The molecule has 2 heterocycles. The van der Waals surface area contributed by atoms with Crippen molar-refractivity contribution in [1.29, 1.82) is 0 Å². The summed E-state index contributed by atoms with van der Waals surface area (Å²) in [4.78, 5) is 15.9. The minimum absolute atomic E-state index is 0.117. The Morgan fingerprint density at radius 3 is 2.87 bits per heavy atom. The number of carbonyl (C=O) groups is 1. The Balaban J connectivity index is 2.56. The van der Waals surface area contributed by atoms with Gasteiger partial charge < -0.3 is 0 Å². The molecule has 1 aliphatic heterocycles. The standard InChI is InChI=1S/C10H4Br2N2O/c11-6-1-2-7-8-5(6)3-4-13-9(8)10(15)14(7)12/h1-4H. The number of carbonyl (C=O) groups excluding carboxylic acids is 1. The van der Waals surface area contributed by atoms with Gasteiger partial charge in [0.15, 0.2) is 0 Å². The molecule has 3 rings (SSSR count). The molecule has 1 aromatic carbocycles. The number of pyridine rings is 1. The van der Waals surface area contributed by atoms with Crippen LogP contribution in [-0.2, 0) is 0 Å². The van der Waals surface area contributed by atoms with Crippen LogP contribution in [0.15, 0.2) is 28.9 Å². The van der Waals surface area contributed by atoms with Crippen LogP contribution in [0.1, 0.15) is 10.5 Å². The molecule has 0 fully saturated rings. The third-order valence-corrected chi connectivity index (χ3v) is 3.84. The van der Waals surface area contributed by atoms with Crippen molar-refractivity contribution >= 4 is 54.4 Å². The van der Waals surface area contributed by atoms with E-state index in [2.05, 4.69) is 37.1 Å². The topological polar surface area (TPSA) is 33.2 Å². The van der Waals surface area contributed by atoms with Gasteiger partial charge in [-0.2, -0.15) is 0 Å². The van der Waals surface area contributed by atoms with Crippen molar-refractivity contribution in [3.05, 3.63) is 34.6 Å². The number of hydrogen-bond acceptors (Lipinski definition) is 2. The highest BCUT2D eigenvalue weighted by Gasteiger charge is 2.30. The second kappa shape index (κ2) is 3.02. The zero-order valence-corrected chi connectivity index (χ0v) is 10.5. The average Bonchev–Trinajstić information content (AvgIpc) is 2.50. The van der Waals surface area contributed by atoms with Crippen molar-refractivity contribution in [2.24, 2.45) is 0 Å². The molecule has 0 N–H and O–H groups in total. The third kappa shape index (κ3) is 1.10. The predicted molar refractivity (Wildman–Crippen MR) is 65.2 cm³/mol. The first-order valence-electron chi connectivity index (χ1n) is 4.27. The molecule has 74 valence electrons. The van der Waals surface area contributed by atoms with Crippen molar-refractivity contribution in [3.8, 4) is 0 Å². The third-order valence-electron chi connectivity index (χ3n) is 2.44. The maximum Gasteiger partial charge on any atom is 0.287 e. The van der Waals surface area contributed by atoms with Crippen molar-refractivity contribution in [2.75, 3.05) is 3.93 Å². The van der Waals surface area contributed by atoms with E-state index in [9.17, 15) is 4.79 Å². The van der Waals surface area contributed by atoms with Crippen molar-refractivity contribution in [1.82, 2.24) is 4.98 Å². The summed E-state index contributed by atoms with van der Waals surface area (Å²) >= 11 is 6.69. The van der Waals surface area contributed by atoms with Crippen LogP contribution in [0.25, 0.3) is 10.8 Å². The first kappa shape index (κ1) is 9.30. The molecule has 1 aliphatic rings. The normalized spacial score (nSPS) is 14.0. The smallest absolute Gasteiger partial charge is 0.266 e. The molecule has 1 aromatic heterocycles. The molecule has 15 heavy (non-hydrogen) atoms. The Bertz CT molecular complexity index is 597. The van der Waals surface area contributed by atoms with Crippen LogP contribution in [0.2, 0.25) is 0 Å². The molecular formula is C10H4Br2N2O. The molecule has 0 saturated carbocycles. The predicted octanol–water partition coefficient (Wildman–Crippen LogP) is 3.27. The lowest BCUT2D eigenvalue weighted by molar-refractivity contribution is 0.101. The van der Waals surface area contributed by atoms with Gasteiger partial charge in [-0.1, -0.05) is 15.9 Å². The Morgan fingerprint density at radius 2 is 2.07 bits per heavy atom. The van der Waals surface area contributed by atoms with Crippen LogP contribution in [0.3, 0.4) is 0 Å². The quantitative estimate of drug-likeness (QED) is 0.696. The molecule has 3 nitrogen and oxygen atoms in total. The SMILES string of the molecule is O=C1c2nccc3c(Br)ccc(c23)N1Br. The van der Waals surface area contributed by atoms with E-state index in [0.29, 0.717) is 5.69 Å². The van der Waals surface area contributed by atoms with E-state index in [0.717, 1.165) is 20.9 Å². The number of benzene rings is 1. The zero-order chi connectivity index (χ0) is 10.6. The monoisotopic (exact) mass is 326 g/mol. The van der Waals surface area contributed by atoms with Gasteiger partial charge in [0.1, 0.15) is 5.69 Å². The van der Waals surface area contributed by atoms with Gasteiger partial charge in [-0.15, -0.1) is 0 Å². The minimum Gasteiger partial charge on any atom is -0.266 e. The number of aromatic nitrogens is 1. The van der Waals surface area contributed by atoms with Crippen molar-refractivity contribution in [3.63, 3.8) is 0 Å². The van der Waals surface area contributed by atoms with Gasteiger partial charge in [0.2, 0.25) is 0 Å². The maximum atomic E-state index is 11.8. The van der Waals surface area contributed by atoms with Crippen LogP contribution in [0.5, 0.6) is 0 Å². The summed E-state index contributed by atoms with van der Waals surface area (Å²) in [5.74, 6) is -0.117. The van der Waals surface area contributed by atoms with E-state index in [-0.39, 0.29) is 5.91 Å². The van der Waals surface area contributed by atoms with Crippen LogP contribution in [-0.4, -0.2) is 10.9 Å². The van der Waals surface area contributed by atoms with E-state index in [4.69, 9.17) is 0 Å². The van der Waals surface area contributed by atoms with Gasteiger partial charge in [0.05, 0.1) is 21.8 Å². The number of nitrogens with zero attached hydrogens (tertiary/aromatic N) is 2. The molecular weight excluding hydrogens is 324 g/mol. The summed E-state index contributed by atoms with van der Waals surface area (Å²) in [6.07, 6.45) is 1.65. The number of amides is 1. The highest BCUT2D eigenvalue weighted by molar-refractivity contribution is 9.10. The van der Waals surface area contributed by atoms with E-state index < -0.39 is 0 Å².